The molecule has 0 fully saturated rings. The highest BCUT2D eigenvalue weighted by Crippen LogP contribution is 2.34. The number of hydrogen-bond donors (Lipinski definition) is 2. The standard InChI is InChI=1S/C12H6F6N4O2/c13-11(14,15)5-3-6(9(23)21-4-5)22-10(24)7-8(12(16,17)18)20-2-1-19-7/h1-4H,(H,21,23)(H,22,24). The Morgan fingerprint density at radius 3 is 2.21 bits per heavy atom. The van der Waals surface area contributed by atoms with Gasteiger partial charge >= 0.3 is 12.4 Å². The number of aromatic nitrogens is 3. The highest BCUT2D eigenvalue weighted by atomic mass is 19.4. The Balaban J connectivity index is 2.38. The van der Waals surface area contributed by atoms with Gasteiger partial charge in [0.1, 0.15) is 5.69 Å². The van der Waals surface area contributed by atoms with Crippen LogP contribution in [0.1, 0.15) is 21.7 Å². The van der Waals surface area contributed by atoms with Crippen LogP contribution in [-0.4, -0.2) is 26.0 Å². The molecule has 0 unspecified atom stereocenters. The van der Waals surface area contributed by atoms with Gasteiger partial charge in [0.25, 0.3) is 5.91 Å². The Kier molecular flexibility index (Phi) is 4.32. The molecule has 24 heavy (non-hydrogen) atoms. The second kappa shape index (κ2) is 5.94. The molecule has 0 saturated carbocycles. The highest BCUT2D eigenvalue weighted by Gasteiger charge is 2.38. The van der Waals surface area contributed by atoms with Crippen LogP contribution in [0.25, 0.3) is 0 Å². The summed E-state index contributed by atoms with van der Waals surface area (Å²) < 4.78 is 76.0. The molecule has 0 aromatic carbocycles. The van der Waals surface area contributed by atoms with Crippen molar-refractivity contribution in [1.82, 2.24) is 15.0 Å². The minimum absolute atomic E-state index is 0.300. The summed E-state index contributed by atoms with van der Waals surface area (Å²) in [6, 6.07) is 0.323. The lowest BCUT2D eigenvalue weighted by Crippen LogP contribution is -2.22. The number of aromatic hydroxyl groups is 1. The van der Waals surface area contributed by atoms with Crippen molar-refractivity contribution >= 4 is 11.6 Å². The second-order valence-electron chi connectivity index (χ2n) is 4.30. The van der Waals surface area contributed by atoms with Crippen molar-refractivity contribution in [3.05, 3.63) is 41.6 Å². The molecule has 0 bridgehead atoms. The van der Waals surface area contributed by atoms with E-state index < -0.39 is 46.8 Å². The number of nitrogens with one attached hydrogen (secondary N) is 1. The number of rotatable bonds is 2. The predicted molar refractivity (Wildman–Crippen MR) is 65.9 cm³/mol. The number of nitrogens with zero attached hydrogens (tertiary/aromatic N) is 3. The fourth-order valence-electron chi connectivity index (χ4n) is 1.60. The maximum absolute atomic E-state index is 12.8. The molecule has 2 aromatic rings. The third kappa shape index (κ3) is 3.70. The molecule has 0 atom stereocenters. The zero-order valence-corrected chi connectivity index (χ0v) is 11.3. The number of alkyl halides is 6. The lowest BCUT2D eigenvalue weighted by atomic mass is 10.2. The van der Waals surface area contributed by atoms with E-state index in [1.54, 1.807) is 5.32 Å². The summed E-state index contributed by atoms with van der Waals surface area (Å²) in [7, 11) is 0. The first-order valence-electron chi connectivity index (χ1n) is 5.96. The summed E-state index contributed by atoms with van der Waals surface area (Å²) in [4.78, 5) is 21.1. The van der Waals surface area contributed by atoms with E-state index >= 15 is 0 Å². The molecule has 2 heterocycles. The van der Waals surface area contributed by atoms with Crippen molar-refractivity contribution in [1.29, 1.82) is 0 Å². The van der Waals surface area contributed by atoms with Crippen molar-refractivity contribution < 1.29 is 36.2 Å². The number of carbonyl (C=O) groups is 1. The van der Waals surface area contributed by atoms with E-state index in [1.165, 1.54) is 0 Å². The monoisotopic (exact) mass is 352 g/mol. The molecule has 128 valence electrons. The van der Waals surface area contributed by atoms with Crippen LogP contribution in [0.4, 0.5) is 32.0 Å². The van der Waals surface area contributed by atoms with Crippen LogP contribution in [0, 0.1) is 0 Å². The molecule has 6 nitrogen and oxygen atoms in total. The SMILES string of the molecule is O=C(Nc1cc(C(F)(F)F)cnc1O)c1nccnc1C(F)(F)F. The van der Waals surface area contributed by atoms with E-state index in [0.717, 1.165) is 6.20 Å². The largest absolute Gasteiger partial charge is 0.492 e. The molecule has 0 radical (unpaired) electrons. The summed E-state index contributed by atoms with van der Waals surface area (Å²) in [5, 5.41) is 11.1. The molecule has 0 spiro atoms. The van der Waals surface area contributed by atoms with Crippen LogP contribution in [0.15, 0.2) is 24.7 Å². The van der Waals surface area contributed by atoms with Crippen molar-refractivity contribution in [2.75, 3.05) is 5.32 Å². The van der Waals surface area contributed by atoms with Crippen LogP contribution < -0.4 is 5.32 Å². The van der Waals surface area contributed by atoms with Gasteiger partial charge in [0.2, 0.25) is 5.88 Å². The van der Waals surface area contributed by atoms with E-state index in [1.807, 2.05) is 0 Å². The number of carbonyl (C=O) groups excluding carboxylic acids is 1. The fraction of sp³-hybridized carbons (Fsp3) is 0.167. The number of anilines is 1. The first kappa shape index (κ1) is 17.4. The van der Waals surface area contributed by atoms with Crippen molar-refractivity contribution in [3.8, 4) is 5.88 Å². The molecule has 2 rings (SSSR count). The Morgan fingerprint density at radius 1 is 1.00 bits per heavy atom. The van der Waals surface area contributed by atoms with Crippen LogP contribution in [0.3, 0.4) is 0 Å². The number of pyridine rings is 1. The molecule has 0 aliphatic rings. The third-order valence-corrected chi connectivity index (χ3v) is 2.62. The van der Waals surface area contributed by atoms with Crippen LogP contribution >= 0.6 is 0 Å². The summed E-state index contributed by atoms with van der Waals surface area (Å²) >= 11 is 0. The topological polar surface area (TPSA) is 88.0 Å². The van der Waals surface area contributed by atoms with Crippen molar-refractivity contribution in [2.24, 2.45) is 0 Å². The normalized spacial score (nSPS) is 12.1. The number of hydrogen-bond acceptors (Lipinski definition) is 5. The predicted octanol–water partition coefficient (Wildman–Crippen LogP) is 2.87. The van der Waals surface area contributed by atoms with Crippen LogP contribution in [0.5, 0.6) is 5.88 Å². The van der Waals surface area contributed by atoms with Gasteiger partial charge in [-0.25, -0.2) is 15.0 Å². The van der Waals surface area contributed by atoms with Gasteiger partial charge in [-0.1, -0.05) is 0 Å². The average Bonchev–Trinajstić information content (AvgIpc) is 2.47. The van der Waals surface area contributed by atoms with E-state index in [2.05, 4.69) is 15.0 Å². The number of halogens is 6. The summed E-state index contributed by atoms with van der Waals surface area (Å²) in [6.45, 7) is 0. The lowest BCUT2D eigenvalue weighted by molar-refractivity contribution is -0.141. The highest BCUT2D eigenvalue weighted by molar-refractivity contribution is 6.04. The fourth-order valence-corrected chi connectivity index (χ4v) is 1.60. The number of amides is 1. The first-order chi connectivity index (χ1) is 11.0. The van der Waals surface area contributed by atoms with Gasteiger partial charge < -0.3 is 10.4 Å². The summed E-state index contributed by atoms with van der Waals surface area (Å²) in [5.41, 5.74) is -4.93. The minimum atomic E-state index is -5.00. The van der Waals surface area contributed by atoms with Crippen LogP contribution in [0.2, 0.25) is 0 Å². The van der Waals surface area contributed by atoms with Gasteiger partial charge in [-0.3, -0.25) is 4.79 Å². The Labute approximate surface area is 129 Å². The van der Waals surface area contributed by atoms with Gasteiger partial charge in [-0.15, -0.1) is 0 Å². The van der Waals surface area contributed by atoms with Gasteiger partial charge in [0.05, 0.1) is 5.56 Å². The maximum atomic E-state index is 12.8. The molecule has 0 saturated heterocycles. The molecule has 1 amide bonds. The molecule has 12 heteroatoms. The minimum Gasteiger partial charge on any atom is -0.492 e. The van der Waals surface area contributed by atoms with E-state index in [0.29, 0.717) is 18.5 Å². The van der Waals surface area contributed by atoms with Gasteiger partial charge in [-0.2, -0.15) is 26.3 Å². The second-order valence-corrected chi connectivity index (χ2v) is 4.30. The molecular weight excluding hydrogens is 346 g/mol. The molecule has 0 aliphatic carbocycles. The van der Waals surface area contributed by atoms with Gasteiger partial charge in [0, 0.05) is 18.6 Å². The van der Waals surface area contributed by atoms with Crippen molar-refractivity contribution in [3.63, 3.8) is 0 Å². The Morgan fingerprint density at radius 2 is 1.62 bits per heavy atom. The smallest absolute Gasteiger partial charge is 0.435 e. The quantitative estimate of drug-likeness (QED) is 0.812. The zero-order chi connectivity index (χ0) is 18.1. The van der Waals surface area contributed by atoms with E-state index in [4.69, 9.17) is 0 Å². The summed E-state index contributed by atoms with van der Waals surface area (Å²) in [6.07, 6.45) is -8.04. The lowest BCUT2D eigenvalue weighted by Gasteiger charge is -2.12. The van der Waals surface area contributed by atoms with Gasteiger partial charge in [-0.05, 0) is 6.07 Å². The molecule has 2 N–H and O–H groups in total. The third-order valence-electron chi connectivity index (χ3n) is 2.62. The van der Waals surface area contributed by atoms with E-state index in [9.17, 15) is 36.2 Å². The zero-order valence-electron chi connectivity index (χ0n) is 11.3. The van der Waals surface area contributed by atoms with Crippen LogP contribution in [-0.2, 0) is 12.4 Å². The molecular formula is C12H6F6N4O2. The molecule has 2 aromatic heterocycles. The Hall–Kier alpha value is -2.92. The maximum Gasteiger partial charge on any atom is 0.435 e. The first-order valence-corrected chi connectivity index (χ1v) is 5.96. The Bertz CT molecular complexity index is 775. The average molecular weight is 352 g/mol. The molecule has 0 aliphatic heterocycles. The van der Waals surface area contributed by atoms with Gasteiger partial charge in [0.15, 0.2) is 11.4 Å². The summed E-state index contributed by atoms with van der Waals surface area (Å²) in [5.74, 6) is -2.51. The van der Waals surface area contributed by atoms with E-state index in [-0.39, 0.29) is 0 Å². The van der Waals surface area contributed by atoms with Crippen molar-refractivity contribution in [2.45, 2.75) is 12.4 Å².